The van der Waals surface area contributed by atoms with Crippen LogP contribution in [0.5, 0.6) is 0 Å². The molecular formula is C19H24BFN2O6. The van der Waals surface area contributed by atoms with Gasteiger partial charge in [-0.3, -0.25) is 14.4 Å². The molecule has 2 heterocycles. The van der Waals surface area contributed by atoms with Gasteiger partial charge in [0.05, 0.1) is 17.7 Å². The summed E-state index contributed by atoms with van der Waals surface area (Å²) in [5, 5.41) is 8.87. The molecule has 1 saturated heterocycles. The van der Waals surface area contributed by atoms with Gasteiger partial charge in [0.15, 0.2) is 0 Å². The molecule has 29 heavy (non-hydrogen) atoms. The Kier molecular flexibility index (Phi) is 5.21. The van der Waals surface area contributed by atoms with E-state index in [4.69, 9.17) is 20.1 Å². The van der Waals surface area contributed by atoms with E-state index in [0.717, 1.165) is 4.90 Å². The van der Waals surface area contributed by atoms with Crippen LogP contribution in [0.2, 0.25) is 0 Å². The maximum absolute atomic E-state index is 15.3. The number of carbonyl (C=O) groups is 3. The van der Waals surface area contributed by atoms with E-state index in [1.165, 1.54) is 12.1 Å². The number of carboxylic acid groups (broad SMARTS) is 1. The molecule has 0 saturated carbocycles. The fourth-order valence-corrected chi connectivity index (χ4v) is 3.51. The SMILES string of the molecule is CC1(C)OB(c2ccc3c(c2F)CN(C(CCC(=O)O)C(N)=O)C3=O)OC1(C)C. The zero-order valence-electron chi connectivity index (χ0n) is 16.8. The van der Waals surface area contributed by atoms with Crippen molar-refractivity contribution in [2.45, 2.75) is 64.3 Å². The first-order chi connectivity index (χ1) is 13.4. The van der Waals surface area contributed by atoms with Crippen molar-refractivity contribution in [3.05, 3.63) is 29.1 Å². The van der Waals surface area contributed by atoms with E-state index in [9.17, 15) is 14.4 Å². The van der Waals surface area contributed by atoms with E-state index >= 15 is 4.39 Å². The molecule has 1 aromatic carbocycles. The lowest BCUT2D eigenvalue weighted by atomic mass is 9.77. The average molecular weight is 406 g/mol. The van der Waals surface area contributed by atoms with E-state index in [-0.39, 0.29) is 36.0 Å². The van der Waals surface area contributed by atoms with Gasteiger partial charge in [0.1, 0.15) is 11.9 Å². The number of rotatable bonds is 6. The highest BCUT2D eigenvalue weighted by Crippen LogP contribution is 2.37. The van der Waals surface area contributed by atoms with Crippen molar-refractivity contribution in [1.82, 2.24) is 4.90 Å². The Morgan fingerprint density at radius 3 is 2.38 bits per heavy atom. The molecule has 3 rings (SSSR count). The molecule has 2 amide bonds. The molecule has 156 valence electrons. The molecule has 0 radical (unpaired) electrons. The molecule has 0 spiro atoms. The first-order valence-electron chi connectivity index (χ1n) is 9.34. The van der Waals surface area contributed by atoms with Crippen molar-refractivity contribution in [1.29, 1.82) is 0 Å². The Labute approximate surface area is 168 Å². The van der Waals surface area contributed by atoms with Crippen LogP contribution in [0.1, 0.15) is 56.5 Å². The van der Waals surface area contributed by atoms with E-state index in [1.54, 1.807) is 0 Å². The Morgan fingerprint density at radius 2 is 1.86 bits per heavy atom. The molecular weight excluding hydrogens is 382 g/mol. The number of amides is 2. The maximum Gasteiger partial charge on any atom is 0.497 e. The van der Waals surface area contributed by atoms with Gasteiger partial charge in [0.2, 0.25) is 5.91 Å². The van der Waals surface area contributed by atoms with Gasteiger partial charge in [-0.25, -0.2) is 4.39 Å². The van der Waals surface area contributed by atoms with Crippen LogP contribution in [0, 0.1) is 5.82 Å². The third kappa shape index (κ3) is 3.62. The summed E-state index contributed by atoms with van der Waals surface area (Å²) in [5.41, 5.74) is 4.45. The van der Waals surface area contributed by atoms with Gasteiger partial charge in [-0.2, -0.15) is 0 Å². The smallest absolute Gasteiger partial charge is 0.481 e. The highest BCUT2D eigenvalue weighted by molar-refractivity contribution is 6.62. The fourth-order valence-electron chi connectivity index (χ4n) is 3.51. The largest absolute Gasteiger partial charge is 0.497 e. The molecule has 0 aliphatic carbocycles. The summed E-state index contributed by atoms with van der Waals surface area (Å²) in [6.07, 6.45) is -0.481. The Hall–Kier alpha value is -2.46. The molecule has 2 aliphatic heterocycles. The van der Waals surface area contributed by atoms with E-state index < -0.39 is 48.0 Å². The second-order valence-electron chi connectivity index (χ2n) is 8.37. The van der Waals surface area contributed by atoms with Crippen LogP contribution in [-0.2, 0) is 25.4 Å². The van der Waals surface area contributed by atoms with Crippen molar-refractivity contribution in [3.8, 4) is 0 Å². The van der Waals surface area contributed by atoms with Gasteiger partial charge in [-0.1, -0.05) is 6.07 Å². The highest BCUT2D eigenvalue weighted by Gasteiger charge is 2.53. The number of primary amides is 1. The molecule has 1 atom stereocenters. The molecule has 3 N–H and O–H groups in total. The van der Waals surface area contributed by atoms with Crippen LogP contribution in [0.25, 0.3) is 0 Å². The molecule has 0 bridgehead atoms. The van der Waals surface area contributed by atoms with Crippen molar-refractivity contribution in [2.24, 2.45) is 5.73 Å². The summed E-state index contributed by atoms with van der Waals surface area (Å²) in [6, 6.07) is 1.77. The number of fused-ring (bicyclic) bond motifs is 1. The highest BCUT2D eigenvalue weighted by atomic mass is 19.1. The van der Waals surface area contributed by atoms with Crippen LogP contribution < -0.4 is 11.2 Å². The predicted molar refractivity (Wildman–Crippen MR) is 102 cm³/mol. The molecule has 1 aromatic rings. The quantitative estimate of drug-likeness (QED) is 0.675. The number of aliphatic carboxylic acids is 1. The van der Waals surface area contributed by atoms with Gasteiger partial charge < -0.3 is 25.0 Å². The van der Waals surface area contributed by atoms with Crippen molar-refractivity contribution in [2.75, 3.05) is 0 Å². The van der Waals surface area contributed by atoms with Crippen LogP contribution in [0.4, 0.5) is 4.39 Å². The summed E-state index contributed by atoms with van der Waals surface area (Å²) in [5.74, 6) is -3.15. The Morgan fingerprint density at radius 1 is 1.28 bits per heavy atom. The number of hydrogen-bond donors (Lipinski definition) is 2. The lowest BCUT2D eigenvalue weighted by Crippen LogP contribution is -2.45. The van der Waals surface area contributed by atoms with E-state index in [2.05, 4.69) is 0 Å². The zero-order valence-corrected chi connectivity index (χ0v) is 16.8. The summed E-state index contributed by atoms with van der Waals surface area (Å²) in [4.78, 5) is 36.5. The van der Waals surface area contributed by atoms with Gasteiger partial charge in [-0.05, 0) is 40.2 Å². The first kappa shape index (κ1) is 21.3. The fraction of sp³-hybridized carbons (Fsp3) is 0.526. The number of carbonyl (C=O) groups excluding carboxylic acids is 2. The minimum Gasteiger partial charge on any atom is -0.481 e. The summed E-state index contributed by atoms with van der Waals surface area (Å²) >= 11 is 0. The van der Waals surface area contributed by atoms with Crippen molar-refractivity contribution < 1.29 is 33.2 Å². The number of carboxylic acids is 1. The third-order valence-corrected chi connectivity index (χ3v) is 5.94. The van der Waals surface area contributed by atoms with Crippen LogP contribution in [-0.4, -0.2) is 52.2 Å². The van der Waals surface area contributed by atoms with Gasteiger partial charge >= 0.3 is 13.1 Å². The van der Waals surface area contributed by atoms with Crippen molar-refractivity contribution >= 4 is 30.4 Å². The lowest BCUT2D eigenvalue weighted by molar-refractivity contribution is -0.137. The average Bonchev–Trinajstić information content (AvgIpc) is 3.02. The van der Waals surface area contributed by atoms with Gasteiger partial charge in [-0.15, -0.1) is 0 Å². The van der Waals surface area contributed by atoms with Crippen LogP contribution >= 0.6 is 0 Å². The van der Waals surface area contributed by atoms with E-state index in [1.807, 2.05) is 27.7 Å². The van der Waals surface area contributed by atoms with Gasteiger partial charge in [0.25, 0.3) is 5.91 Å². The monoisotopic (exact) mass is 406 g/mol. The lowest BCUT2D eigenvalue weighted by Gasteiger charge is -2.32. The van der Waals surface area contributed by atoms with Crippen molar-refractivity contribution in [3.63, 3.8) is 0 Å². The standard InChI is InChI=1S/C19H24BFN2O6/c1-18(2)19(3,4)29-20(28-18)12-6-5-10-11(15(12)21)9-23(17(10)27)13(16(22)26)7-8-14(24)25/h5-6,13H,7-9H2,1-4H3,(H2,22,26)(H,24,25). The molecule has 0 aromatic heterocycles. The van der Waals surface area contributed by atoms with Crippen LogP contribution in [0.3, 0.4) is 0 Å². The van der Waals surface area contributed by atoms with Crippen LogP contribution in [0.15, 0.2) is 12.1 Å². The second-order valence-corrected chi connectivity index (χ2v) is 8.37. The number of nitrogens with zero attached hydrogens (tertiary/aromatic N) is 1. The topological polar surface area (TPSA) is 119 Å². The molecule has 1 fully saturated rings. The third-order valence-electron chi connectivity index (χ3n) is 5.94. The first-order valence-corrected chi connectivity index (χ1v) is 9.34. The maximum atomic E-state index is 15.3. The Bertz CT molecular complexity index is 872. The molecule has 2 aliphatic rings. The summed E-state index contributed by atoms with van der Waals surface area (Å²) in [6.45, 7) is 7.22. The minimum absolute atomic E-state index is 0.115. The zero-order chi connectivity index (χ0) is 21.7. The molecule has 1 unspecified atom stereocenters. The summed E-state index contributed by atoms with van der Waals surface area (Å²) in [7, 11) is -0.937. The summed E-state index contributed by atoms with van der Waals surface area (Å²) < 4.78 is 27.1. The second kappa shape index (κ2) is 7.10. The van der Waals surface area contributed by atoms with Gasteiger partial charge in [0, 0.05) is 23.0 Å². The number of hydrogen-bond acceptors (Lipinski definition) is 5. The predicted octanol–water partition coefficient (Wildman–Crippen LogP) is 0.799. The number of halogens is 1. The number of benzene rings is 1. The molecule has 10 heteroatoms. The molecule has 8 nitrogen and oxygen atoms in total. The Balaban J connectivity index is 1.90. The normalized spacial score (nSPS) is 20.7. The number of nitrogens with two attached hydrogens (primary N) is 1. The van der Waals surface area contributed by atoms with E-state index in [0.29, 0.717) is 0 Å². The minimum atomic E-state index is -1.13.